The van der Waals surface area contributed by atoms with E-state index in [2.05, 4.69) is 36.9 Å². The Morgan fingerprint density at radius 1 is 1.39 bits per heavy atom. The lowest BCUT2D eigenvalue weighted by atomic mass is 9.88. The first-order valence-electron chi connectivity index (χ1n) is 7.89. The van der Waals surface area contributed by atoms with Gasteiger partial charge in [0, 0.05) is 25.0 Å². The summed E-state index contributed by atoms with van der Waals surface area (Å²) in [6.45, 7) is 2.53. The highest BCUT2D eigenvalue weighted by molar-refractivity contribution is 7.00. The van der Waals surface area contributed by atoms with Gasteiger partial charge in [0.2, 0.25) is 5.91 Å². The Bertz CT molecular complexity index is 719. The molecule has 8 heteroatoms. The highest BCUT2D eigenvalue weighted by Gasteiger charge is 2.42. The molecule has 2 fully saturated rings. The van der Waals surface area contributed by atoms with Crippen LogP contribution in [0.25, 0.3) is 11.0 Å². The maximum Gasteiger partial charge on any atom is 0.239 e. The van der Waals surface area contributed by atoms with Gasteiger partial charge in [-0.05, 0) is 37.7 Å². The summed E-state index contributed by atoms with van der Waals surface area (Å²) in [7, 11) is 2.11. The van der Waals surface area contributed by atoms with Crippen LogP contribution in [0.1, 0.15) is 12.0 Å². The molecule has 0 saturated carbocycles. The molecule has 2 saturated heterocycles. The van der Waals surface area contributed by atoms with Crippen LogP contribution in [-0.4, -0.2) is 51.8 Å². The van der Waals surface area contributed by atoms with Crippen molar-refractivity contribution in [1.82, 2.24) is 29.8 Å². The number of hydrogen-bond donors (Lipinski definition) is 3. The van der Waals surface area contributed by atoms with E-state index in [0.717, 1.165) is 36.1 Å². The number of carbonyl (C=O) groups is 1. The summed E-state index contributed by atoms with van der Waals surface area (Å²) < 4.78 is 8.43. The summed E-state index contributed by atoms with van der Waals surface area (Å²) in [5.74, 6) is 0.371. The van der Waals surface area contributed by atoms with Crippen molar-refractivity contribution in [2.45, 2.75) is 25.0 Å². The van der Waals surface area contributed by atoms with Gasteiger partial charge < -0.3 is 10.2 Å². The number of likely N-dealkylation sites (tertiary alicyclic amines) is 1. The Labute approximate surface area is 138 Å². The van der Waals surface area contributed by atoms with E-state index in [1.165, 1.54) is 11.7 Å². The summed E-state index contributed by atoms with van der Waals surface area (Å²) >= 11 is 1.21. The Morgan fingerprint density at radius 2 is 2.26 bits per heavy atom. The normalized spacial score (nSPS) is 28.0. The molecule has 3 unspecified atom stereocenters. The number of amides is 1. The highest BCUT2D eigenvalue weighted by atomic mass is 32.1. The lowest BCUT2D eigenvalue weighted by Gasteiger charge is -2.33. The molecule has 2 aliphatic rings. The topological polar surface area (TPSA) is 82.2 Å². The Morgan fingerprint density at radius 3 is 3.17 bits per heavy atom. The Hall–Kier alpha value is -1.61. The molecule has 7 nitrogen and oxygen atoms in total. The van der Waals surface area contributed by atoms with E-state index in [1.54, 1.807) is 0 Å². The first-order valence-corrected chi connectivity index (χ1v) is 8.62. The molecular formula is C15H20N6OS. The SMILES string of the molecule is CN1CCC2NNC(C(=O)NCc3ccc4nsnc4c3)C2C1. The highest BCUT2D eigenvalue weighted by Crippen LogP contribution is 2.23. The molecule has 1 aromatic heterocycles. The molecular weight excluding hydrogens is 312 g/mol. The molecule has 1 amide bonds. The van der Waals surface area contributed by atoms with Crippen LogP contribution in [0.2, 0.25) is 0 Å². The summed E-state index contributed by atoms with van der Waals surface area (Å²) in [5, 5.41) is 3.04. The van der Waals surface area contributed by atoms with Crippen molar-refractivity contribution in [3.05, 3.63) is 23.8 Å². The van der Waals surface area contributed by atoms with Crippen LogP contribution < -0.4 is 16.2 Å². The molecule has 3 atom stereocenters. The number of hydrazine groups is 1. The van der Waals surface area contributed by atoms with Crippen molar-refractivity contribution in [3.63, 3.8) is 0 Å². The van der Waals surface area contributed by atoms with Crippen LogP contribution in [0.15, 0.2) is 18.2 Å². The summed E-state index contributed by atoms with van der Waals surface area (Å²) in [4.78, 5) is 14.8. The van der Waals surface area contributed by atoms with E-state index in [4.69, 9.17) is 0 Å². The lowest BCUT2D eigenvalue weighted by molar-refractivity contribution is -0.124. The molecule has 0 aliphatic carbocycles. The van der Waals surface area contributed by atoms with Crippen molar-refractivity contribution in [2.75, 3.05) is 20.1 Å². The van der Waals surface area contributed by atoms with Gasteiger partial charge in [-0.2, -0.15) is 8.75 Å². The van der Waals surface area contributed by atoms with Gasteiger partial charge in [-0.15, -0.1) is 0 Å². The van der Waals surface area contributed by atoms with E-state index in [1.807, 2.05) is 18.2 Å². The third-order valence-corrected chi connectivity index (χ3v) is 5.34. The minimum atomic E-state index is -0.174. The van der Waals surface area contributed by atoms with Gasteiger partial charge in [0.1, 0.15) is 17.1 Å². The van der Waals surface area contributed by atoms with Gasteiger partial charge in [-0.3, -0.25) is 10.2 Å². The second-order valence-corrected chi connectivity index (χ2v) is 6.92. The van der Waals surface area contributed by atoms with Crippen molar-refractivity contribution < 1.29 is 4.79 Å². The molecule has 122 valence electrons. The van der Waals surface area contributed by atoms with Crippen molar-refractivity contribution in [3.8, 4) is 0 Å². The summed E-state index contributed by atoms with van der Waals surface area (Å²) in [6.07, 6.45) is 1.07. The number of benzene rings is 1. The van der Waals surface area contributed by atoms with Gasteiger partial charge in [0.15, 0.2) is 0 Å². The number of nitrogens with zero attached hydrogens (tertiary/aromatic N) is 3. The summed E-state index contributed by atoms with van der Waals surface area (Å²) in [6, 6.07) is 6.13. The number of nitrogens with one attached hydrogen (secondary N) is 3. The molecule has 0 spiro atoms. The number of piperidine rings is 1. The average Bonchev–Trinajstić information content (AvgIpc) is 3.18. The minimum absolute atomic E-state index is 0.0526. The molecule has 3 heterocycles. The summed E-state index contributed by atoms with van der Waals surface area (Å²) in [5.41, 5.74) is 9.28. The molecule has 0 bridgehead atoms. The lowest BCUT2D eigenvalue weighted by Crippen LogP contribution is -2.49. The monoisotopic (exact) mass is 332 g/mol. The molecule has 2 aliphatic heterocycles. The number of aromatic nitrogens is 2. The fourth-order valence-electron chi connectivity index (χ4n) is 3.47. The van der Waals surface area contributed by atoms with Crippen molar-refractivity contribution in [2.24, 2.45) is 5.92 Å². The predicted octanol–water partition coefficient (Wildman–Crippen LogP) is 0.104. The van der Waals surface area contributed by atoms with Crippen LogP contribution in [0, 0.1) is 5.92 Å². The van der Waals surface area contributed by atoms with Crippen molar-refractivity contribution in [1.29, 1.82) is 0 Å². The molecule has 3 N–H and O–H groups in total. The minimum Gasteiger partial charge on any atom is -0.351 e. The fraction of sp³-hybridized carbons (Fsp3) is 0.533. The third-order valence-electron chi connectivity index (χ3n) is 4.78. The van der Waals surface area contributed by atoms with Crippen LogP contribution >= 0.6 is 11.7 Å². The number of fused-ring (bicyclic) bond motifs is 2. The molecule has 23 heavy (non-hydrogen) atoms. The van der Waals surface area contributed by atoms with Crippen LogP contribution in [0.5, 0.6) is 0 Å². The number of carbonyl (C=O) groups excluding carboxylic acids is 1. The average molecular weight is 332 g/mol. The predicted molar refractivity (Wildman–Crippen MR) is 88.7 cm³/mol. The first-order chi connectivity index (χ1) is 11.2. The second-order valence-electron chi connectivity index (χ2n) is 6.39. The van der Waals surface area contributed by atoms with Crippen LogP contribution in [0.4, 0.5) is 0 Å². The number of hydrogen-bond acceptors (Lipinski definition) is 7. The smallest absolute Gasteiger partial charge is 0.239 e. The zero-order valence-corrected chi connectivity index (χ0v) is 13.8. The van der Waals surface area contributed by atoms with E-state index in [-0.39, 0.29) is 11.9 Å². The van der Waals surface area contributed by atoms with Gasteiger partial charge in [0.05, 0.1) is 11.7 Å². The first kappa shape index (κ1) is 14.9. The largest absolute Gasteiger partial charge is 0.351 e. The van der Waals surface area contributed by atoms with E-state index >= 15 is 0 Å². The number of rotatable bonds is 3. The van der Waals surface area contributed by atoms with Crippen LogP contribution in [0.3, 0.4) is 0 Å². The molecule has 2 aromatic rings. The maximum atomic E-state index is 12.5. The van der Waals surface area contributed by atoms with Gasteiger partial charge >= 0.3 is 0 Å². The van der Waals surface area contributed by atoms with Gasteiger partial charge in [0.25, 0.3) is 0 Å². The van der Waals surface area contributed by atoms with Crippen molar-refractivity contribution >= 4 is 28.7 Å². The molecule has 1 aromatic carbocycles. The maximum absolute atomic E-state index is 12.5. The zero-order valence-electron chi connectivity index (χ0n) is 13.0. The van der Waals surface area contributed by atoms with Gasteiger partial charge in [-0.1, -0.05) is 6.07 Å². The molecule has 4 rings (SSSR count). The van der Waals surface area contributed by atoms with E-state index < -0.39 is 0 Å². The second kappa shape index (κ2) is 6.12. The molecule has 0 radical (unpaired) electrons. The third kappa shape index (κ3) is 2.94. The standard InChI is InChI=1S/C15H20N6OS/c1-21-5-4-11-10(8-21)14(18-17-11)15(22)16-7-9-2-3-12-13(6-9)20-23-19-12/h2-3,6,10-11,14,17-18H,4-5,7-8H2,1H3,(H,16,22). The van der Waals surface area contributed by atoms with Crippen LogP contribution in [-0.2, 0) is 11.3 Å². The fourth-order valence-corrected chi connectivity index (χ4v) is 3.99. The van der Waals surface area contributed by atoms with E-state index in [0.29, 0.717) is 18.5 Å². The Kier molecular flexibility index (Phi) is 3.98. The van der Waals surface area contributed by atoms with Gasteiger partial charge in [-0.25, -0.2) is 5.43 Å². The zero-order chi connectivity index (χ0) is 15.8. The quantitative estimate of drug-likeness (QED) is 0.740. The van der Waals surface area contributed by atoms with E-state index in [9.17, 15) is 4.79 Å². The Balaban J connectivity index is 1.39.